The molecule has 20 heavy (non-hydrogen) atoms. The molecule has 0 saturated carbocycles. The molecule has 2 rings (SSSR count). The van der Waals surface area contributed by atoms with Gasteiger partial charge in [0.15, 0.2) is 11.5 Å². The molecular formula is C14H20N2O4. The number of phenolic OH excluding ortho intramolecular Hbond substituents is 1. The van der Waals surface area contributed by atoms with Crippen LogP contribution in [0.5, 0.6) is 11.5 Å². The standard InChI is InChI=1S/C14H20N2O4/c1-9-8-20-11(6-15)7-16(9)14(18)10-3-4-13(19-2)12(17)5-10/h3-5,9,11,17H,6-8,15H2,1-2H3. The number of benzene rings is 1. The average Bonchev–Trinajstić information content (AvgIpc) is 2.47. The van der Waals surface area contributed by atoms with Gasteiger partial charge >= 0.3 is 0 Å². The number of amides is 1. The van der Waals surface area contributed by atoms with Crippen molar-refractivity contribution in [3.05, 3.63) is 23.8 Å². The lowest BCUT2D eigenvalue weighted by Crippen LogP contribution is -2.52. The van der Waals surface area contributed by atoms with Gasteiger partial charge in [0.05, 0.1) is 25.9 Å². The SMILES string of the molecule is COc1ccc(C(=O)N2CC(CN)OCC2C)cc1O. The predicted molar refractivity (Wildman–Crippen MR) is 74.0 cm³/mol. The third-order valence-electron chi connectivity index (χ3n) is 3.46. The van der Waals surface area contributed by atoms with Crippen molar-refractivity contribution in [3.63, 3.8) is 0 Å². The van der Waals surface area contributed by atoms with Crippen LogP contribution in [0.15, 0.2) is 18.2 Å². The van der Waals surface area contributed by atoms with Crippen LogP contribution in [0.25, 0.3) is 0 Å². The van der Waals surface area contributed by atoms with Crippen molar-refractivity contribution < 1.29 is 19.4 Å². The molecule has 1 heterocycles. The minimum Gasteiger partial charge on any atom is -0.504 e. The van der Waals surface area contributed by atoms with Crippen LogP contribution in [0.3, 0.4) is 0 Å². The van der Waals surface area contributed by atoms with Gasteiger partial charge < -0.3 is 25.2 Å². The van der Waals surface area contributed by atoms with E-state index in [1.165, 1.54) is 13.2 Å². The highest BCUT2D eigenvalue weighted by Gasteiger charge is 2.29. The molecule has 0 aromatic heterocycles. The largest absolute Gasteiger partial charge is 0.504 e. The van der Waals surface area contributed by atoms with Crippen LogP contribution in [-0.2, 0) is 4.74 Å². The number of hydrogen-bond acceptors (Lipinski definition) is 5. The zero-order chi connectivity index (χ0) is 14.7. The van der Waals surface area contributed by atoms with Crippen LogP contribution in [0.4, 0.5) is 0 Å². The van der Waals surface area contributed by atoms with Crippen LogP contribution < -0.4 is 10.5 Å². The molecule has 1 aromatic rings. The first kappa shape index (κ1) is 14.6. The summed E-state index contributed by atoms with van der Waals surface area (Å²) in [5.41, 5.74) is 6.02. The van der Waals surface area contributed by atoms with Gasteiger partial charge in [0.1, 0.15) is 0 Å². The summed E-state index contributed by atoms with van der Waals surface area (Å²) in [6.45, 7) is 3.23. The predicted octanol–water partition coefficient (Wildman–Crippen LogP) is 0.589. The number of carbonyl (C=O) groups excluding carboxylic acids is 1. The second-order valence-electron chi connectivity index (χ2n) is 4.88. The minimum absolute atomic E-state index is 0.0189. The first-order valence-electron chi connectivity index (χ1n) is 6.56. The minimum atomic E-state index is -0.141. The molecule has 1 aromatic carbocycles. The van der Waals surface area contributed by atoms with E-state index in [2.05, 4.69) is 0 Å². The molecule has 1 aliphatic rings. The summed E-state index contributed by atoms with van der Waals surface area (Å²) in [6, 6.07) is 4.62. The molecular weight excluding hydrogens is 260 g/mol. The van der Waals surface area contributed by atoms with Gasteiger partial charge in [0.2, 0.25) is 0 Å². The Morgan fingerprint density at radius 2 is 2.35 bits per heavy atom. The highest BCUT2D eigenvalue weighted by Crippen LogP contribution is 2.27. The smallest absolute Gasteiger partial charge is 0.254 e. The zero-order valence-corrected chi connectivity index (χ0v) is 11.7. The van der Waals surface area contributed by atoms with Gasteiger partial charge in [-0.05, 0) is 25.1 Å². The van der Waals surface area contributed by atoms with Gasteiger partial charge in [-0.2, -0.15) is 0 Å². The summed E-state index contributed by atoms with van der Waals surface area (Å²) >= 11 is 0. The Balaban J connectivity index is 2.19. The van der Waals surface area contributed by atoms with Crippen LogP contribution in [0, 0.1) is 0 Å². The van der Waals surface area contributed by atoms with Gasteiger partial charge in [0.25, 0.3) is 5.91 Å². The van der Waals surface area contributed by atoms with Crippen LogP contribution in [0.1, 0.15) is 17.3 Å². The number of aromatic hydroxyl groups is 1. The number of phenols is 1. The Labute approximate surface area is 118 Å². The highest BCUT2D eigenvalue weighted by atomic mass is 16.5. The van der Waals surface area contributed by atoms with E-state index >= 15 is 0 Å². The van der Waals surface area contributed by atoms with E-state index in [1.54, 1.807) is 17.0 Å². The highest BCUT2D eigenvalue weighted by molar-refractivity contribution is 5.95. The van der Waals surface area contributed by atoms with Crippen molar-refractivity contribution in [1.29, 1.82) is 0 Å². The van der Waals surface area contributed by atoms with E-state index in [0.717, 1.165) is 0 Å². The van der Waals surface area contributed by atoms with Crippen molar-refractivity contribution in [3.8, 4) is 11.5 Å². The molecule has 2 atom stereocenters. The van der Waals surface area contributed by atoms with Crippen molar-refractivity contribution in [2.45, 2.75) is 19.1 Å². The van der Waals surface area contributed by atoms with Crippen molar-refractivity contribution >= 4 is 5.91 Å². The average molecular weight is 280 g/mol. The number of nitrogens with zero attached hydrogens (tertiary/aromatic N) is 1. The Morgan fingerprint density at radius 1 is 1.60 bits per heavy atom. The molecule has 6 heteroatoms. The van der Waals surface area contributed by atoms with E-state index in [1.807, 2.05) is 6.92 Å². The third kappa shape index (κ3) is 2.86. The first-order chi connectivity index (χ1) is 9.56. The number of methoxy groups -OCH3 is 1. The Morgan fingerprint density at radius 3 is 2.95 bits per heavy atom. The van der Waals surface area contributed by atoms with Crippen molar-refractivity contribution in [1.82, 2.24) is 4.90 Å². The molecule has 3 N–H and O–H groups in total. The number of ether oxygens (including phenoxy) is 2. The van der Waals surface area contributed by atoms with Gasteiger partial charge in [-0.15, -0.1) is 0 Å². The fourth-order valence-corrected chi connectivity index (χ4v) is 2.23. The quantitative estimate of drug-likeness (QED) is 0.846. The molecule has 0 spiro atoms. The number of hydrogen-bond donors (Lipinski definition) is 2. The monoisotopic (exact) mass is 280 g/mol. The van der Waals surface area contributed by atoms with E-state index in [4.69, 9.17) is 15.2 Å². The molecule has 0 bridgehead atoms. The van der Waals surface area contributed by atoms with Gasteiger partial charge in [-0.25, -0.2) is 0 Å². The van der Waals surface area contributed by atoms with Gasteiger partial charge in [-0.1, -0.05) is 0 Å². The molecule has 0 aliphatic carbocycles. The van der Waals surface area contributed by atoms with Crippen LogP contribution in [0.2, 0.25) is 0 Å². The summed E-state index contributed by atoms with van der Waals surface area (Å²) in [6.07, 6.45) is -0.137. The lowest BCUT2D eigenvalue weighted by Gasteiger charge is -2.37. The second kappa shape index (κ2) is 6.11. The number of carbonyl (C=O) groups is 1. The molecule has 1 saturated heterocycles. The molecule has 0 radical (unpaired) electrons. The maximum absolute atomic E-state index is 12.5. The number of morpholine rings is 1. The summed E-state index contributed by atoms with van der Waals surface area (Å²) in [5.74, 6) is 0.156. The summed E-state index contributed by atoms with van der Waals surface area (Å²) in [5, 5.41) is 9.76. The van der Waals surface area contributed by atoms with Crippen LogP contribution >= 0.6 is 0 Å². The summed E-state index contributed by atoms with van der Waals surface area (Å²) in [7, 11) is 1.46. The van der Waals surface area contributed by atoms with E-state index in [9.17, 15) is 9.90 Å². The van der Waals surface area contributed by atoms with E-state index < -0.39 is 0 Å². The van der Waals surface area contributed by atoms with Crippen molar-refractivity contribution in [2.24, 2.45) is 5.73 Å². The first-order valence-corrected chi connectivity index (χ1v) is 6.56. The third-order valence-corrected chi connectivity index (χ3v) is 3.46. The van der Waals surface area contributed by atoms with Gasteiger partial charge in [-0.3, -0.25) is 4.79 Å². The molecule has 6 nitrogen and oxygen atoms in total. The lowest BCUT2D eigenvalue weighted by molar-refractivity contribution is -0.0426. The normalized spacial score (nSPS) is 22.6. The van der Waals surface area contributed by atoms with Crippen molar-refractivity contribution in [2.75, 3.05) is 26.8 Å². The Hall–Kier alpha value is -1.79. The molecule has 1 aliphatic heterocycles. The Kier molecular flexibility index (Phi) is 4.46. The molecule has 1 fully saturated rings. The molecule has 1 amide bonds. The van der Waals surface area contributed by atoms with E-state index in [0.29, 0.717) is 31.0 Å². The van der Waals surface area contributed by atoms with E-state index in [-0.39, 0.29) is 23.8 Å². The topological polar surface area (TPSA) is 85.0 Å². The second-order valence-corrected chi connectivity index (χ2v) is 4.88. The number of nitrogens with two attached hydrogens (primary N) is 1. The Bertz CT molecular complexity index is 492. The van der Waals surface area contributed by atoms with Crippen LogP contribution in [-0.4, -0.2) is 54.9 Å². The van der Waals surface area contributed by atoms with Gasteiger partial charge in [0, 0.05) is 18.7 Å². The fraction of sp³-hybridized carbons (Fsp3) is 0.500. The lowest BCUT2D eigenvalue weighted by atomic mass is 10.1. The molecule has 2 unspecified atom stereocenters. The maximum atomic E-state index is 12.5. The fourth-order valence-electron chi connectivity index (χ4n) is 2.23. The summed E-state index contributed by atoms with van der Waals surface area (Å²) in [4.78, 5) is 14.2. The zero-order valence-electron chi connectivity index (χ0n) is 11.7. The number of rotatable bonds is 3. The molecule has 110 valence electrons. The maximum Gasteiger partial charge on any atom is 0.254 e. The summed E-state index contributed by atoms with van der Waals surface area (Å²) < 4.78 is 10.5.